The minimum Gasteiger partial charge on any atom is -0.377 e. The highest BCUT2D eigenvalue weighted by Gasteiger charge is 2.30. The van der Waals surface area contributed by atoms with Crippen LogP contribution in [0.4, 0.5) is 0 Å². The van der Waals surface area contributed by atoms with Crippen molar-refractivity contribution in [1.82, 2.24) is 9.03 Å². The topological polar surface area (TPSA) is 58.6 Å². The van der Waals surface area contributed by atoms with Crippen LogP contribution in [0.2, 0.25) is 0 Å². The molecule has 1 saturated heterocycles. The third-order valence-electron chi connectivity index (χ3n) is 4.93. The molecule has 6 heteroatoms. The average molecular weight is 333 g/mol. The van der Waals surface area contributed by atoms with E-state index in [2.05, 4.69) is 25.5 Å². The van der Waals surface area contributed by atoms with Crippen LogP contribution in [0, 0.1) is 17.8 Å². The van der Waals surface area contributed by atoms with Crippen LogP contribution >= 0.6 is 0 Å². The fraction of sp³-hybridized carbons (Fsp3) is 1.00. The van der Waals surface area contributed by atoms with E-state index in [4.69, 9.17) is 4.74 Å². The number of nitrogens with zero attached hydrogens (tertiary/aromatic N) is 1. The molecule has 5 nitrogen and oxygen atoms in total. The summed E-state index contributed by atoms with van der Waals surface area (Å²) >= 11 is 0. The first-order chi connectivity index (χ1) is 10.4. The van der Waals surface area contributed by atoms with E-state index in [0.717, 1.165) is 12.8 Å². The Morgan fingerprint density at radius 2 is 1.73 bits per heavy atom. The van der Waals surface area contributed by atoms with Gasteiger partial charge in [-0.05, 0) is 37.0 Å². The molecule has 0 aromatic rings. The van der Waals surface area contributed by atoms with Crippen molar-refractivity contribution in [2.24, 2.45) is 17.8 Å². The zero-order valence-corrected chi connectivity index (χ0v) is 15.1. The number of rotatable bonds is 6. The molecule has 2 fully saturated rings. The molecule has 0 bridgehead atoms. The minimum atomic E-state index is -3.36. The van der Waals surface area contributed by atoms with Crippen LogP contribution in [0.15, 0.2) is 0 Å². The summed E-state index contributed by atoms with van der Waals surface area (Å²) in [6, 6.07) is 0. The van der Waals surface area contributed by atoms with E-state index in [9.17, 15) is 8.42 Å². The Morgan fingerprint density at radius 1 is 1.09 bits per heavy atom. The summed E-state index contributed by atoms with van der Waals surface area (Å²) in [5.41, 5.74) is 0. The maximum Gasteiger partial charge on any atom is 0.279 e. The maximum atomic E-state index is 12.4. The summed E-state index contributed by atoms with van der Waals surface area (Å²) in [6.45, 7) is 8.54. The van der Waals surface area contributed by atoms with Gasteiger partial charge >= 0.3 is 0 Å². The lowest BCUT2D eigenvalue weighted by atomic mass is 9.88. The van der Waals surface area contributed by atoms with Crippen LogP contribution in [-0.2, 0) is 14.9 Å². The van der Waals surface area contributed by atoms with E-state index in [0.29, 0.717) is 50.1 Å². The van der Waals surface area contributed by atoms with Crippen molar-refractivity contribution >= 4 is 10.2 Å². The average Bonchev–Trinajstić information content (AvgIpc) is 2.44. The van der Waals surface area contributed by atoms with Gasteiger partial charge in [0.1, 0.15) is 0 Å². The Balaban J connectivity index is 1.73. The van der Waals surface area contributed by atoms with E-state index in [1.54, 1.807) is 4.31 Å². The predicted molar refractivity (Wildman–Crippen MR) is 88.8 cm³/mol. The predicted octanol–water partition coefficient (Wildman–Crippen LogP) is 2.39. The molecule has 2 aliphatic rings. The highest BCUT2D eigenvalue weighted by atomic mass is 32.2. The van der Waals surface area contributed by atoms with Gasteiger partial charge in [0, 0.05) is 19.6 Å². The molecule has 1 heterocycles. The first kappa shape index (κ1) is 18.2. The summed E-state index contributed by atoms with van der Waals surface area (Å²) in [7, 11) is -3.36. The molecule has 0 aromatic heterocycles. The molecule has 1 aliphatic carbocycles. The second kappa shape index (κ2) is 8.08. The number of ether oxygens (including phenoxy) is 1. The summed E-state index contributed by atoms with van der Waals surface area (Å²) in [5.74, 6) is 1.45. The van der Waals surface area contributed by atoms with Crippen molar-refractivity contribution < 1.29 is 13.2 Å². The second-order valence-electron chi connectivity index (χ2n) is 7.33. The largest absolute Gasteiger partial charge is 0.377 e. The van der Waals surface area contributed by atoms with Gasteiger partial charge in [-0.25, -0.2) is 0 Å². The Morgan fingerprint density at radius 3 is 2.36 bits per heavy atom. The maximum absolute atomic E-state index is 12.4. The third kappa shape index (κ3) is 5.18. The zero-order valence-electron chi connectivity index (χ0n) is 14.3. The van der Waals surface area contributed by atoms with Crippen molar-refractivity contribution in [2.45, 2.75) is 59.0 Å². The third-order valence-corrected chi connectivity index (χ3v) is 6.47. The van der Waals surface area contributed by atoms with Crippen LogP contribution in [0.25, 0.3) is 0 Å². The molecule has 2 rings (SSSR count). The number of hydrogen-bond acceptors (Lipinski definition) is 3. The van der Waals surface area contributed by atoms with E-state index in [1.165, 1.54) is 19.3 Å². The van der Waals surface area contributed by atoms with E-state index >= 15 is 0 Å². The van der Waals surface area contributed by atoms with Gasteiger partial charge in [-0.3, -0.25) is 0 Å². The summed E-state index contributed by atoms with van der Waals surface area (Å²) < 4.78 is 34.9. The van der Waals surface area contributed by atoms with Crippen molar-refractivity contribution in [3.05, 3.63) is 0 Å². The number of hydrogen-bond donors (Lipinski definition) is 1. The van der Waals surface area contributed by atoms with Crippen LogP contribution < -0.4 is 4.72 Å². The Labute approximate surface area is 136 Å². The number of piperidine rings is 1. The fourth-order valence-corrected chi connectivity index (χ4v) is 5.23. The molecular weight excluding hydrogens is 300 g/mol. The first-order valence-corrected chi connectivity index (χ1v) is 10.2. The second-order valence-corrected chi connectivity index (χ2v) is 9.09. The van der Waals surface area contributed by atoms with Crippen molar-refractivity contribution in [1.29, 1.82) is 0 Å². The van der Waals surface area contributed by atoms with Gasteiger partial charge in [0.15, 0.2) is 0 Å². The summed E-state index contributed by atoms with van der Waals surface area (Å²) in [4.78, 5) is 0. The quantitative estimate of drug-likeness (QED) is 0.760. The molecule has 0 aromatic carbocycles. The molecule has 0 unspecified atom stereocenters. The van der Waals surface area contributed by atoms with Crippen molar-refractivity contribution in [3.8, 4) is 0 Å². The molecule has 22 heavy (non-hydrogen) atoms. The molecule has 0 radical (unpaired) electrons. The standard InChI is InChI=1S/C16H32N2O3S/c1-13-10-14(2)12-18(11-13)22(19,20)17-8-9-21-16-7-5-4-6-15(16)3/h13-17H,4-12H2,1-3H3/t13-,14+,15-,16-/m1/s1. The molecule has 0 amide bonds. The number of nitrogens with one attached hydrogen (secondary N) is 1. The Bertz CT molecular complexity index is 431. The fourth-order valence-electron chi connectivity index (χ4n) is 3.80. The lowest BCUT2D eigenvalue weighted by Crippen LogP contribution is -2.48. The normalized spacial score (nSPS) is 34.7. The van der Waals surface area contributed by atoms with Crippen LogP contribution in [0.3, 0.4) is 0 Å². The SMILES string of the molecule is C[C@@H]1C[C@H](C)CN(S(=O)(=O)NCCO[C@@H]2CCCC[C@H]2C)C1. The van der Waals surface area contributed by atoms with Gasteiger partial charge in [0.25, 0.3) is 10.2 Å². The van der Waals surface area contributed by atoms with Gasteiger partial charge in [0.2, 0.25) is 0 Å². The highest BCUT2D eigenvalue weighted by Crippen LogP contribution is 2.26. The van der Waals surface area contributed by atoms with Crippen molar-refractivity contribution in [3.63, 3.8) is 0 Å². The molecule has 0 spiro atoms. The van der Waals surface area contributed by atoms with Crippen LogP contribution in [0.1, 0.15) is 52.9 Å². The van der Waals surface area contributed by atoms with Gasteiger partial charge in [0.05, 0.1) is 12.7 Å². The van der Waals surface area contributed by atoms with Gasteiger partial charge in [-0.2, -0.15) is 17.4 Å². The van der Waals surface area contributed by atoms with Gasteiger partial charge < -0.3 is 4.74 Å². The van der Waals surface area contributed by atoms with Gasteiger partial charge in [-0.15, -0.1) is 0 Å². The Kier molecular flexibility index (Phi) is 6.68. The highest BCUT2D eigenvalue weighted by molar-refractivity contribution is 7.87. The van der Waals surface area contributed by atoms with Crippen molar-refractivity contribution in [2.75, 3.05) is 26.2 Å². The monoisotopic (exact) mass is 332 g/mol. The summed E-state index contributed by atoms with van der Waals surface area (Å²) in [5, 5.41) is 0. The summed E-state index contributed by atoms with van der Waals surface area (Å²) in [6.07, 6.45) is 6.25. The Hall–Kier alpha value is -0.170. The smallest absolute Gasteiger partial charge is 0.279 e. The van der Waals surface area contributed by atoms with Gasteiger partial charge in [-0.1, -0.05) is 33.6 Å². The van der Waals surface area contributed by atoms with E-state index in [-0.39, 0.29) is 0 Å². The molecule has 1 saturated carbocycles. The molecule has 1 N–H and O–H groups in total. The zero-order chi connectivity index (χ0) is 16.2. The first-order valence-electron chi connectivity index (χ1n) is 8.75. The van der Waals surface area contributed by atoms with Crippen LogP contribution in [-0.4, -0.2) is 45.1 Å². The van der Waals surface area contributed by atoms with E-state index < -0.39 is 10.2 Å². The minimum absolute atomic E-state index is 0.299. The molecular formula is C16H32N2O3S. The lowest BCUT2D eigenvalue weighted by molar-refractivity contribution is -0.00189. The lowest BCUT2D eigenvalue weighted by Gasteiger charge is -2.34. The molecule has 130 valence electrons. The van der Waals surface area contributed by atoms with Crippen LogP contribution in [0.5, 0.6) is 0 Å². The van der Waals surface area contributed by atoms with E-state index in [1.807, 2.05) is 0 Å². The molecule has 4 atom stereocenters. The molecule has 1 aliphatic heterocycles.